The second kappa shape index (κ2) is 10.2. The molecule has 0 saturated carbocycles. The standard InChI is InChI=1S/C28H30N2O5/c1-18(33-17-19-10-6-5-7-11-19)25(30-27(32)35-28(2,3)4)26(31)29-20-14-15-22-21-12-8-9-13-23(21)34-24(22)16-20/h5-16,18,25H,17H2,1-4H3,(H,29,31)(H,30,32)/t18-,25-/m1/s1. The van der Waals surface area contributed by atoms with Crippen LogP contribution in [0.3, 0.4) is 0 Å². The monoisotopic (exact) mass is 474 g/mol. The number of carbonyl (C=O) groups is 2. The molecule has 7 heteroatoms. The first kappa shape index (κ1) is 24.3. The molecule has 0 spiro atoms. The van der Waals surface area contributed by atoms with Gasteiger partial charge in [0.15, 0.2) is 0 Å². The smallest absolute Gasteiger partial charge is 0.408 e. The molecule has 1 aromatic heterocycles. The van der Waals surface area contributed by atoms with Crippen molar-refractivity contribution in [2.24, 2.45) is 0 Å². The molecule has 0 radical (unpaired) electrons. The third-order valence-corrected chi connectivity index (χ3v) is 5.43. The number of carbonyl (C=O) groups excluding carboxylic acids is 2. The molecular weight excluding hydrogens is 444 g/mol. The summed E-state index contributed by atoms with van der Waals surface area (Å²) in [7, 11) is 0. The summed E-state index contributed by atoms with van der Waals surface area (Å²) in [5, 5.41) is 7.51. The van der Waals surface area contributed by atoms with Gasteiger partial charge in [0.05, 0.1) is 12.7 Å². The first-order valence-electron chi connectivity index (χ1n) is 11.6. The highest BCUT2D eigenvalue weighted by atomic mass is 16.6. The zero-order valence-corrected chi connectivity index (χ0v) is 20.3. The Bertz CT molecular complexity index is 1320. The highest BCUT2D eigenvalue weighted by Crippen LogP contribution is 2.30. The number of ether oxygens (including phenoxy) is 2. The van der Waals surface area contributed by atoms with Gasteiger partial charge in [-0.2, -0.15) is 0 Å². The summed E-state index contributed by atoms with van der Waals surface area (Å²) >= 11 is 0. The summed E-state index contributed by atoms with van der Waals surface area (Å²) < 4.78 is 17.2. The van der Waals surface area contributed by atoms with Crippen LogP contribution in [-0.2, 0) is 20.9 Å². The average molecular weight is 475 g/mol. The van der Waals surface area contributed by atoms with E-state index in [1.165, 1.54) is 0 Å². The Labute approximate surface area is 204 Å². The predicted octanol–water partition coefficient (Wildman–Crippen LogP) is 6.02. The van der Waals surface area contributed by atoms with E-state index in [4.69, 9.17) is 13.9 Å². The van der Waals surface area contributed by atoms with Gasteiger partial charge in [-0.25, -0.2) is 4.79 Å². The average Bonchev–Trinajstić information content (AvgIpc) is 3.18. The number of alkyl carbamates (subject to hydrolysis) is 1. The van der Waals surface area contributed by atoms with Gasteiger partial charge in [-0.3, -0.25) is 4.79 Å². The van der Waals surface area contributed by atoms with Crippen molar-refractivity contribution >= 4 is 39.6 Å². The molecule has 0 bridgehead atoms. The van der Waals surface area contributed by atoms with Crippen molar-refractivity contribution in [3.05, 3.63) is 78.4 Å². The molecule has 4 rings (SSSR count). The maximum absolute atomic E-state index is 13.3. The minimum atomic E-state index is -0.986. The molecule has 0 unspecified atom stereocenters. The van der Waals surface area contributed by atoms with Crippen LogP contribution in [-0.4, -0.2) is 29.7 Å². The molecule has 0 aliphatic carbocycles. The molecular formula is C28H30N2O5. The van der Waals surface area contributed by atoms with Crippen LogP contribution in [0.4, 0.5) is 10.5 Å². The van der Waals surface area contributed by atoms with Crippen molar-refractivity contribution in [3.63, 3.8) is 0 Å². The van der Waals surface area contributed by atoms with Crippen molar-refractivity contribution in [1.82, 2.24) is 5.32 Å². The number of rotatable bonds is 7. The molecule has 4 aromatic rings. The molecule has 0 aliphatic rings. The molecule has 0 saturated heterocycles. The van der Waals surface area contributed by atoms with E-state index < -0.39 is 29.7 Å². The zero-order valence-electron chi connectivity index (χ0n) is 20.3. The number of para-hydroxylation sites is 1. The highest BCUT2D eigenvalue weighted by molar-refractivity contribution is 6.06. The maximum Gasteiger partial charge on any atom is 0.408 e. The van der Waals surface area contributed by atoms with Crippen molar-refractivity contribution < 1.29 is 23.5 Å². The van der Waals surface area contributed by atoms with Crippen LogP contribution in [0.5, 0.6) is 0 Å². The fraction of sp³-hybridized carbons (Fsp3) is 0.286. The summed E-state index contributed by atoms with van der Waals surface area (Å²) in [5.41, 5.74) is 2.25. The first-order valence-corrected chi connectivity index (χ1v) is 11.6. The van der Waals surface area contributed by atoms with Crippen LogP contribution in [0, 0.1) is 0 Å². The quantitative estimate of drug-likeness (QED) is 0.342. The fourth-order valence-corrected chi connectivity index (χ4v) is 3.75. The Hall–Kier alpha value is -3.84. The van der Waals surface area contributed by atoms with Gasteiger partial charge in [-0.05, 0) is 51.5 Å². The normalized spacial score (nSPS) is 13.4. The molecule has 2 N–H and O–H groups in total. The van der Waals surface area contributed by atoms with E-state index in [-0.39, 0.29) is 0 Å². The summed E-state index contributed by atoms with van der Waals surface area (Å²) in [6.45, 7) is 7.33. The molecule has 7 nitrogen and oxygen atoms in total. The number of furan rings is 1. The molecule has 182 valence electrons. The summed E-state index contributed by atoms with van der Waals surface area (Å²) in [6.07, 6.45) is -1.32. The number of benzene rings is 3. The van der Waals surface area contributed by atoms with E-state index in [1.54, 1.807) is 33.8 Å². The predicted molar refractivity (Wildman–Crippen MR) is 136 cm³/mol. The lowest BCUT2D eigenvalue weighted by molar-refractivity contribution is -0.122. The SMILES string of the molecule is C[C@@H](OCc1ccccc1)[C@@H](NC(=O)OC(C)(C)C)C(=O)Nc1ccc2c(c1)oc1ccccc12. The Morgan fingerprint density at radius 2 is 1.60 bits per heavy atom. The van der Waals surface area contributed by atoms with E-state index in [0.29, 0.717) is 17.9 Å². The molecule has 2 amide bonds. The Kier molecular flexibility index (Phi) is 7.07. The van der Waals surface area contributed by atoms with Gasteiger partial charge in [0.2, 0.25) is 5.91 Å². The third-order valence-electron chi connectivity index (χ3n) is 5.43. The molecule has 0 aliphatic heterocycles. The molecule has 1 heterocycles. The molecule has 0 fully saturated rings. The number of fused-ring (bicyclic) bond motifs is 3. The van der Waals surface area contributed by atoms with E-state index in [0.717, 1.165) is 21.9 Å². The summed E-state index contributed by atoms with van der Waals surface area (Å²) in [6, 6.07) is 21.9. The van der Waals surface area contributed by atoms with Gasteiger partial charge < -0.3 is 24.5 Å². The van der Waals surface area contributed by atoms with E-state index >= 15 is 0 Å². The molecule has 2 atom stereocenters. The Morgan fingerprint density at radius 3 is 2.34 bits per heavy atom. The molecule has 35 heavy (non-hydrogen) atoms. The van der Waals surface area contributed by atoms with Gasteiger partial charge in [0, 0.05) is 22.5 Å². The van der Waals surface area contributed by atoms with Crippen LogP contribution < -0.4 is 10.6 Å². The number of amides is 2. The second-order valence-electron chi connectivity index (χ2n) is 9.42. The van der Waals surface area contributed by atoms with E-state index in [1.807, 2.05) is 66.7 Å². The first-order chi connectivity index (χ1) is 16.7. The number of hydrogen-bond acceptors (Lipinski definition) is 5. The number of nitrogens with one attached hydrogen (secondary N) is 2. The van der Waals surface area contributed by atoms with E-state index in [9.17, 15) is 9.59 Å². The third kappa shape index (κ3) is 6.19. The van der Waals surface area contributed by atoms with Crippen molar-refractivity contribution in [2.75, 3.05) is 5.32 Å². The van der Waals surface area contributed by atoms with Crippen LogP contribution in [0.25, 0.3) is 21.9 Å². The number of hydrogen-bond donors (Lipinski definition) is 2. The lowest BCUT2D eigenvalue weighted by atomic mass is 10.1. The Morgan fingerprint density at radius 1 is 0.914 bits per heavy atom. The Balaban J connectivity index is 1.52. The largest absolute Gasteiger partial charge is 0.456 e. The van der Waals surface area contributed by atoms with Gasteiger partial charge in [-0.1, -0.05) is 48.5 Å². The van der Waals surface area contributed by atoms with Gasteiger partial charge in [0.1, 0.15) is 22.8 Å². The lowest BCUT2D eigenvalue weighted by Crippen LogP contribution is -2.52. The molecule has 3 aromatic carbocycles. The summed E-state index contributed by atoms with van der Waals surface area (Å²) in [5.74, 6) is -0.424. The van der Waals surface area contributed by atoms with Gasteiger partial charge in [-0.15, -0.1) is 0 Å². The van der Waals surface area contributed by atoms with Crippen molar-refractivity contribution in [3.8, 4) is 0 Å². The van der Waals surface area contributed by atoms with Crippen LogP contribution in [0.15, 0.2) is 77.2 Å². The maximum atomic E-state index is 13.3. The van der Waals surface area contributed by atoms with Crippen LogP contribution in [0.2, 0.25) is 0 Å². The minimum Gasteiger partial charge on any atom is -0.456 e. The topological polar surface area (TPSA) is 89.8 Å². The van der Waals surface area contributed by atoms with Crippen molar-refractivity contribution in [1.29, 1.82) is 0 Å². The van der Waals surface area contributed by atoms with Crippen LogP contribution >= 0.6 is 0 Å². The zero-order chi connectivity index (χ0) is 25.0. The highest BCUT2D eigenvalue weighted by Gasteiger charge is 2.30. The van der Waals surface area contributed by atoms with Crippen LogP contribution in [0.1, 0.15) is 33.3 Å². The number of anilines is 1. The lowest BCUT2D eigenvalue weighted by Gasteiger charge is -2.27. The van der Waals surface area contributed by atoms with Gasteiger partial charge in [0.25, 0.3) is 0 Å². The fourth-order valence-electron chi connectivity index (χ4n) is 3.75. The summed E-state index contributed by atoms with van der Waals surface area (Å²) in [4.78, 5) is 25.8. The van der Waals surface area contributed by atoms with Crippen molar-refractivity contribution in [2.45, 2.75) is 52.0 Å². The second-order valence-corrected chi connectivity index (χ2v) is 9.42. The van der Waals surface area contributed by atoms with E-state index in [2.05, 4.69) is 10.6 Å². The van der Waals surface area contributed by atoms with Gasteiger partial charge >= 0.3 is 6.09 Å². The minimum absolute atomic E-state index is 0.298.